The van der Waals surface area contributed by atoms with Crippen LogP contribution in [0.2, 0.25) is 0 Å². The third-order valence-electron chi connectivity index (χ3n) is 2.54. The van der Waals surface area contributed by atoms with Crippen LogP contribution in [-0.4, -0.2) is 24.5 Å². The third kappa shape index (κ3) is 3.80. The highest BCUT2D eigenvalue weighted by Gasteiger charge is 2.09. The average Bonchev–Trinajstić information content (AvgIpc) is 2.30. The Morgan fingerprint density at radius 2 is 2.18 bits per heavy atom. The van der Waals surface area contributed by atoms with Crippen LogP contribution in [0.1, 0.15) is 17.5 Å². The average molecular weight is 231 g/mol. The highest BCUT2D eigenvalue weighted by molar-refractivity contribution is 5.90. The van der Waals surface area contributed by atoms with Gasteiger partial charge in [-0.25, -0.2) is 4.79 Å². The maximum Gasteiger partial charge on any atom is 0.321 e. The molecule has 4 nitrogen and oxygen atoms in total. The molecule has 0 heterocycles. The summed E-state index contributed by atoms with van der Waals surface area (Å²) < 4.78 is 0. The van der Waals surface area contributed by atoms with Crippen molar-refractivity contribution in [1.82, 2.24) is 4.90 Å². The van der Waals surface area contributed by atoms with E-state index in [0.29, 0.717) is 13.0 Å². The first kappa shape index (κ1) is 13.0. The predicted octanol–water partition coefficient (Wildman–Crippen LogP) is 2.68. The molecule has 0 aliphatic rings. The van der Waals surface area contributed by atoms with Gasteiger partial charge < -0.3 is 10.2 Å². The molecule has 0 saturated heterocycles. The maximum absolute atomic E-state index is 11.8. The molecule has 0 aliphatic heterocycles. The van der Waals surface area contributed by atoms with Crippen molar-refractivity contribution in [2.75, 3.05) is 18.9 Å². The van der Waals surface area contributed by atoms with E-state index < -0.39 is 0 Å². The van der Waals surface area contributed by atoms with E-state index in [1.54, 1.807) is 7.05 Å². The van der Waals surface area contributed by atoms with E-state index in [-0.39, 0.29) is 6.03 Å². The van der Waals surface area contributed by atoms with E-state index in [9.17, 15) is 4.79 Å². The number of rotatable bonds is 3. The van der Waals surface area contributed by atoms with Gasteiger partial charge in [0.05, 0.1) is 12.5 Å². The molecule has 1 aromatic rings. The minimum Gasteiger partial charge on any atom is -0.327 e. The maximum atomic E-state index is 11.8. The van der Waals surface area contributed by atoms with Crippen molar-refractivity contribution < 1.29 is 4.79 Å². The van der Waals surface area contributed by atoms with Crippen LogP contribution in [-0.2, 0) is 0 Å². The van der Waals surface area contributed by atoms with Crippen molar-refractivity contribution in [2.24, 2.45) is 0 Å². The fraction of sp³-hybridized carbons (Fsp3) is 0.385. The van der Waals surface area contributed by atoms with E-state index in [1.807, 2.05) is 38.1 Å². The molecule has 0 spiro atoms. The van der Waals surface area contributed by atoms with Gasteiger partial charge in [-0.2, -0.15) is 5.26 Å². The van der Waals surface area contributed by atoms with E-state index in [2.05, 4.69) is 5.32 Å². The number of aryl methyl sites for hydroxylation is 2. The predicted molar refractivity (Wildman–Crippen MR) is 67.8 cm³/mol. The molecule has 0 saturated carbocycles. The topological polar surface area (TPSA) is 56.1 Å². The van der Waals surface area contributed by atoms with E-state index >= 15 is 0 Å². The Balaban J connectivity index is 2.68. The van der Waals surface area contributed by atoms with Crippen molar-refractivity contribution in [3.63, 3.8) is 0 Å². The lowest BCUT2D eigenvalue weighted by atomic mass is 10.1. The van der Waals surface area contributed by atoms with E-state index in [0.717, 1.165) is 16.8 Å². The van der Waals surface area contributed by atoms with Gasteiger partial charge in [0.15, 0.2) is 0 Å². The molecule has 1 aromatic carbocycles. The highest BCUT2D eigenvalue weighted by atomic mass is 16.2. The number of nitrogens with zero attached hydrogens (tertiary/aromatic N) is 2. The van der Waals surface area contributed by atoms with Crippen LogP contribution in [0.4, 0.5) is 10.5 Å². The standard InChI is InChI=1S/C13H17N3O/c1-10-5-6-11(2)12(9-10)15-13(17)16(3)8-4-7-14/h5-6,9H,4,8H2,1-3H3,(H,15,17). The largest absolute Gasteiger partial charge is 0.327 e. The van der Waals surface area contributed by atoms with Crippen molar-refractivity contribution in [2.45, 2.75) is 20.3 Å². The number of anilines is 1. The lowest BCUT2D eigenvalue weighted by Crippen LogP contribution is -2.32. The number of hydrogen-bond acceptors (Lipinski definition) is 2. The number of carbonyl (C=O) groups excluding carboxylic acids is 1. The number of nitriles is 1. The fourth-order valence-electron chi connectivity index (χ4n) is 1.40. The minimum atomic E-state index is -0.186. The van der Waals surface area contributed by atoms with Crippen LogP contribution < -0.4 is 5.32 Å². The summed E-state index contributed by atoms with van der Waals surface area (Å²) in [5.41, 5.74) is 2.95. The van der Waals surface area contributed by atoms with Crippen molar-refractivity contribution >= 4 is 11.7 Å². The van der Waals surface area contributed by atoms with Crippen molar-refractivity contribution in [3.05, 3.63) is 29.3 Å². The summed E-state index contributed by atoms with van der Waals surface area (Å²) in [6, 6.07) is 7.74. The molecule has 0 bridgehead atoms. The molecule has 1 rings (SSSR count). The van der Waals surface area contributed by atoms with Gasteiger partial charge in [0.25, 0.3) is 0 Å². The lowest BCUT2D eigenvalue weighted by molar-refractivity contribution is 0.223. The lowest BCUT2D eigenvalue weighted by Gasteiger charge is -2.17. The minimum absolute atomic E-state index is 0.186. The first-order valence-corrected chi connectivity index (χ1v) is 5.51. The van der Waals surface area contributed by atoms with Crippen molar-refractivity contribution in [3.8, 4) is 6.07 Å². The number of benzene rings is 1. The number of urea groups is 1. The SMILES string of the molecule is Cc1ccc(C)c(NC(=O)N(C)CCC#N)c1. The molecule has 4 heteroatoms. The summed E-state index contributed by atoms with van der Waals surface area (Å²) in [5.74, 6) is 0. The Hall–Kier alpha value is -2.02. The zero-order valence-electron chi connectivity index (χ0n) is 10.4. The fourth-order valence-corrected chi connectivity index (χ4v) is 1.40. The zero-order chi connectivity index (χ0) is 12.8. The molecule has 0 fully saturated rings. The van der Waals surface area contributed by atoms with Crippen LogP contribution in [0, 0.1) is 25.2 Å². The third-order valence-corrected chi connectivity index (χ3v) is 2.54. The first-order chi connectivity index (χ1) is 8.04. The van der Waals surface area contributed by atoms with Crippen molar-refractivity contribution in [1.29, 1.82) is 5.26 Å². The number of carbonyl (C=O) groups is 1. The zero-order valence-corrected chi connectivity index (χ0v) is 10.4. The quantitative estimate of drug-likeness (QED) is 0.869. The Bertz CT molecular complexity index is 448. The molecule has 0 unspecified atom stereocenters. The van der Waals surface area contributed by atoms with Crippen LogP contribution in [0.15, 0.2) is 18.2 Å². The molecule has 17 heavy (non-hydrogen) atoms. The number of hydrogen-bond donors (Lipinski definition) is 1. The van der Waals surface area contributed by atoms with Gasteiger partial charge in [0, 0.05) is 19.3 Å². The Labute approximate surface area is 102 Å². The number of amides is 2. The molecule has 90 valence electrons. The van der Waals surface area contributed by atoms with Gasteiger partial charge in [-0.1, -0.05) is 12.1 Å². The molecule has 0 atom stereocenters. The summed E-state index contributed by atoms with van der Waals surface area (Å²) in [6.07, 6.45) is 0.344. The van der Waals surface area contributed by atoms with Gasteiger partial charge in [-0.05, 0) is 31.0 Å². The Morgan fingerprint density at radius 3 is 2.82 bits per heavy atom. The van der Waals surface area contributed by atoms with Gasteiger partial charge in [0.1, 0.15) is 0 Å². The summed E-state index contributed by atoms with van der Waals surface area (Å²) in [5, 5.41) is 11.3. The van der Waals surface area contributed by atoms with Crippen LogP contribution in [0.5, 0.6) is 0 Å². The summed E-state index contributed by atoms with van der Waals surface area (Å²) in [6.45, 7) is 4.37. The Morgan fingerprint density at radius 1 is 1.47 bits per heavy atom. The molecular formula is C13H17N3O. The van der Waals surface area contributed by atoms with E-state index in [4.69, 9.17) is 5.26 Å². The molecule has 1 N–H and O–H groups in total. The normalized spacial score (nSPS) is 9.53. The molecule has 2 amide bonds. The van der Waals surface area contributed by atoms with Gasteiger partial charge in [-0.3, -0.25) is 0 Å². The monoisotopic (exact) mass is 231 g/mol. The van der Waals surface area contributed by atoms with E-state index in [1.165, 1.54) is 4.90 Å². The molecule has 0 aromatic heterocycles. The highest BCUT2D eigenvalue weighted by Crippen LogP contribution is 2.16. The first-order valence-electron chi connectivity index (χ1n) is 5.51. The molecular weight excluding hydrogens is 214 g/mol. The summed E-state index contributed by atoms with van der Waals surface area (Å²) in [4.78, 5) is 13.3. The second kappa shape index (κ2) is 5.90. The Kier molecular flexibility index (Phi) is 4.53. The second-order valence-electron chi connectivity index (χ2n) is 4.08. The molecule has 0 aliphatic carbocycles. The molecule has 0 radical (unpaired) electrons. The summed E-state index contributed by atoms with van der Waals surface area (Å²) in [7, 11) is 1.68. The smallest absolute Gasteiger partial charge is 0.321 e. The van der Waals surface area contributed by atoms with Gasteiger partial charge in [0.2, 0.25) is 0 Å². The number of nitrogens with one attached hydrogen (secondary N) is 1. The van der Waals surface area contributed by atoms with Crippen LogP contribution in [0.25, 0.3) is 0 Å². The van der Waals surface area contributed by atoms with Crippen LogP contribution in [0.3, 0.4) is 0 Å². The second-order valence-corrected chi connectivity index (χ2v) is 4.08. The van der Waals surface area contributed by atoms with Gasteiger partial charge >= 0.3 is 6.03 Å². The summed E-state index contributed by atoms with van der Waals surface area (Å²) >= 11 is 0. The van der Waals surface area contributed by atoms with Crippen LogP contribution >= 0.6 is 0 Å². The van der Waals surface area contributed by atoms with Gasteiger partial charge in [-0.15, -0.1) is 0 Å².